The van der Waals surface area contributed by atoms with Crippen molar-refractivity contribution in [2.45, 2.75) is 12.8 Å². The van der Waals surface area contributed by atoms with Crippen molar-refractivity contribution in [3.8, 4) is 5.75 Å². The average molecular weight is 282 g/mol. The molecule has 0 unspecified atom stereocenters. The van der Waals surface area contributed by atoms with Crippen molar-refractivity contribution in [1.82, 2.24) is 4.90 Å². The lowest BCUT2D eigenvalue weighted by atomic mass is 10.1. The maximum atomic E-state index is 12.0. The minimum absolute atomic E-state index is 0.0622. The Morgan fingerprint density at radius 2 is 2.05 bits per heavy atom. The highest BCUT2D eigenvalue weighted by molar-refractivity contribution is 5.95. The lowest BCUT2D eigenvalue weighted by Gasteiger charge is -2.16. The lowest BCUT2D eigenvalue weighted by molar-refractivity contribution is -0.385. The summed E-state index contributed by atoms with van der Waals surface area (Å²) in [4.78, 5) is 33.5. The molecule has 0 saturated carbocycles. The maximum Gasteiger partial charge on any atom is 0.311 e. The second-order valence-electron chi connectivity index (χ2n) is 4.18. The number of aliphatic carboxylic acids is 1. The molecular weight excluding hydrogens is 268 g/mol. The van der Waals surface area contributed by atoms with Gasteiger partial charge in [0.25, 0.3) is 5.91 Å². The van der Waals surface area contributed by atoms with Gasteiger partial charge in [0.2, 0.25) is 0 Å². The largest absolute Gasteiger partial charge is 0.502 e. The van der Waals surface area contributed by atoms with Crippen LogP contribution in [0.5, 0.6) is 5.75 Å². The van der Waals surface area contributed by atoms with Gasteiger partial charge in [0.1, 0.15) is 0 Å². The third-order valence-electron chi connectivity index (χ3n) is 2.65. The molecular formula is C12H14N2O6. The van der Waals surface area contributed by atoms with E-state index >= 15 is 0 Å². The van der Waals surface area contributed by atoms with Gasteiger partial charge in [-0.3, -0.25) is 19.7 Å². The predicted molar refractivity (Wildman–Crippen MR) is 68.6 cm³/mol. The molecule has 0 atom stereocenters. The smallest absolute Gasteiger partial charge is 0.311 e. The van der Waals surface area contributed by atoms with Gasteiger partial charge < -0.3 is 15.1 Å². The van der Waals surface area contributed by atoms with Crippen molar-refractivity contribution in [2.75, 3.05) is 13.6 Å². The first-order valence-electron chi connectivity index (χ1n) is 5.77. The lowest BCUT2D eigenvalue weighted by Crippen LogP contribution is -2.28. The van der Waals surface area contributed by atoms with Crippen molar-refractivity contribution >= 4 is 17.6 Å². The number of amides is 1. The normalized spacial score (nSPS) is 10.1. The van der Waals surface area contributed by atoms with Crippen LogP contribution < -0.4 is 0 Å². The second-order valence-corrected chi connectivity index (χ2v) is 4.18. The fourth-order valence-electron chi connectivity index (χ4n) is 1.59. The van der Waals surface area contributed by atoms with Crippen LogP contribution in [-0.2, 0) is 4.79 Å². The summed E-state index contributed by atoms with van der Waals surface area (Å²) in [6.45, 7) is 0.222. The second kappa shape index (κ2) is 6.50. The van der Waals surface area contributed by atoms with Crippen LogP contribution in [0.25, 0.3) is 0 Å². The van der Waals surface area contributed by atoms with E-state index in [0.29, 0.717) is 0 Å². The quantitative estimate of drug-likeness (QED) is 0.598. The number of carbonyl (C=O) groups excluding carboxylic acids is 1. The Morgan fingerprint density at radius 1 is 1.40 bits per heavy atom. The Kier molecular flexibility index (Phi) is 5.01. The highest BCUT2D eigenvalue weighted by Crippen LogP contribution is 2.26. The van der Waals surface area contributed by atoms with Gasteiger partial charge in [0, 0.05) is 31.6 Å². The molecule has 0 bridgehead atoms. The van der Waals surface area contributed by atoms with Gasteiger partial charge in [-0.15, -0.1) is 0 Å². The fourth-order valence-corrected chi connectivity index (χ4v) is 1.59. The first-order valence-corrected chi connectivity index (χ1v) is 5.77. The molecule has 0 fully saturated rings. The number of carboxylic acids is 1. The van der Waals surface area contributed by atoms with Crippen molar-refractivity contribution in [3.63, 3.8) is 0 Å². The molecule has 0 aliphatic carbocycles. The van der Waals surface area contributed by atoms with Gasteiger partial charge in [-0.25, -0.2) is 0 Å². The Hall–Kier alpha value is -2.64. The van der Waals surface area contributed by atoms with Crippen molar-refractivity contribution in [1.29, 1.82) is 0 Å². The summed E-state index contributed by atoms with van der Waals surface area (Å²) >= 11 is 0. The molecule has 0 heterocycles. The van der Waals surface area contributed by atoms with Gasteiger partial charge in [-0.1, -0.05) is 0 Å². The summed E-state index contributed by atoms with van der Waals surface area (Å²) in [5.74, 6) is -1.94. The number of nitro groups is 1. The molecule has 1 aromatic carbocycles. The number of carbonyl (C=O) groups is 2. The highest BCUT2D eigenvalue weighted by Gasteiger charge is 2.19. The zero-order valence-corrected chi connectivity index (χ0v) is 10.8. The van der Waals surface area contributed by atoms with Gasteiger partial charge in [-0.2, -0.15) is 0 Å². The van der Waals surface area contributed by atoms with Crippen LogP contribution in [0.2, 0.25) is 0 Å². The summed E-state index contributed by atoms with van der Waals surface area (Å²) in [5, 5.41) is 28.5. The third kappa shape index (κ3) is 3.94. The number of carboxylic acid groups (broad SMARTS) is 1. The number of aromatic hydroxyl groups is 1. The zero-order valence-electron chi connectivity index (χ0n) is 10.8. The Balaban J connectivity index is 2.79. The molecule has 0 spiro atoms. The van der Waals surface area contributed by atoms with E-state index in [4.69, 9.17) is 5.11 Å². The number of phenols is 1. The van der Waals surface area contributed by atoms with Crippen molar-refractivity contribution in [2.24, 2.45) is 0 Å². The zero-order chi connectivity index (χ0) is 15.3. The molecule has 1 amide bonds. The number of hydrogen-bond acceptors (Lipinski definition) is 5. The SMILES string of the molecule is CN(CCCC(=O)O)C(=O)c1ccc(O)c([N+](=O)[O-])c1. The van der Waals surface area contributed by atoms with Crippen LogP contribution in [0.3, 0.4) is 0 Å². The number of hydrogen-bond donors (Lipinski definition) is 2. The van der Waals surface area contributed by atoms with Crippen LogP contribution in [0.1, 0.15) is 23.2 Å². The summed E-state index contributed by atoms with van der Waals surface area (Å²) in [7, 11) is 1.48. The van der Waals surface area contributed by atoms with E-state index in [1.54, 1.807) is 0 Å². The molecule has 2 N–H and O–H groups in total. The van der Waals surface area contributed by atoms with E-state index in [2.05, 4.69) is 0 Å². The number of nitro benzene ring substituents is 1. The molecule has 0 aromatic heterocycles. The standard InChI is InChI=1S/C12H14N2O6/c1-13(6-2-3-11(16)17)12(18)8-4-5-10(15)9(7-8)14(19)20/h4-5,7,15H,2-3,6H2,1H3,(H,16,17). The molecule has 0 saturated heterocycles. The first kappa shape index (κ1) is 15.4. The number of phenolic OH excluding ortho intramolecular Hbond substituents is 1. The minimum atomic E-state index is -0.953. The number of nitrogens with zero attached hydrogens (tertiary/aromatic N) is 2. The summed E-state index contributed by atoms with van der Waals surface area (Å²) in [5.41, 5.74) is -0.484. The molecule has 8 heteroatoms. The minimum Gasteiger partial charge on any atom is -0.502 e. The average Bonchev–Trinajstić information content (AvgIpc) is 2.37. The molecule has 1 rings (SSSR count). The number of benzene rings is 1. The van der Waals surface area contributed by atoms with E-state index < -0.39 is 28.2 Å². The molecule has 20 heavy (non-hydrogen) atoms. The van der Waals surface area contributed by atoms with Gasteiger partial charge in [-0.05, 0) is 18.6 Å². The summed E-state index contributed by atoms with van der Waals surface area (Å²) < 4.78 is 0. The molecule has 0 aliphatic rings. The topological polar surface area (TPSA) is 121 Å². The van der Waals surface area contributed by atoms with Crippen LogP contribution in [-0.4, -0.2) is 45.5 Å². The molecule has 8 nitrogen and oxygen atoms in total. The van der Waals surface area contributed by atoms with Crippen LogP contribution in [0.4, 0.5) is 5.69 Å². The molecule has 1 aromatic rings. The van der Waals surface area contributed by atoms with Gasteiger partial charge in [0.15, 0.2) is 5.75 Å². The summed E-state index contributed by atoms with van der Waals surface area (Å²) in [6, 6.07) is 3.35. The molecule has 0 radical (unpaired) electrons. The maximum absolute atomic E-state index is 12.0. The molecule has 108 valence electrons. The summed E-state index contributed by atoms with van der Waals surface area (Å²) in [6.07, 6.45) is 0.227. The Morgan fingerprint density at radius 3 is 2.60 bits per heavy atom. The van der Waals surface area contributed by atoms with E-state index in [1.807, 2.05) is 0 Å². The Labute approximate surface area is 114 Å². The van der Waals surface area contributed by atoms with E-state index in [1.165, 1.54) is 18.0 Å². The first-order chi connectivity index (χ1) is 9.32. The van der Waals surface area contributed by atoms with Crippen molar-refractivity contribution < 1.29 is 24.7 Å². The van der Waals surface area contributed by atoms with Gasteiger partial charge in [0.05, 0.1) is 4.92 Å². The highest BCUT2D eigenvalue weighted by atomic mass is 16.6. The van der Waals surface area contributed by atoms with Crippen LogP contribution in [0.15, 0.2) is 18.2 Å². The van der Waals surface area contributed by atoms with Crippen LogP contribution in [0, 0.1) is 10.1 Å². The van der Waals surface area contributed by atoms with Crippen molar-refractivity contribution in [3.05, 3.63) is 33.9 Å². The van der Waals surface area contributed by atoms with E-state index in [9.17, 15) is 24.8 Å². The van der Waals surface area contributed by atoms with Gasteiger partial charge >= 0.3 is 11.7 Å². The monoisotopic (exact) mass is 282 g/mol. The predicted octanol–water partition coefficient (Wildman–Crippen LogP) is 1.24. The fraction of sp³-hybridized carbons (Fsp3) is 0.333. The van der Waals surface area contributed by atoms with Crippen LogP contribution >= 0.6 is 0 Å². The van der Waals surface area contributed by atoms with E-state index in [-0.39, 0.29) is 24.9 Å². The molecule has 0 aliphatic heterocycles. The number of rotatable bonds is 6. The third-order valence-corrected chi connectivity index (χ3v) is 2.65. The Bertz CT molecular complexity index is 543. The van der Waals surface area contributed by atoms with E-state index in [0.717, 1.165) is 12.1 Å².